The van der Waals surface area contributed by atoms with Crippen molar-refractivity contribution >= 4 is 11.1 Å². The molecule has 20 heavy (non-hydrogen) atoms. The van der Waals surface area contributed by atoms with E-state index in [-0.39, 0.29) is 10.8 Å². The molecule has 1 saturated heterocycles. The van der Waals surface area contributed by atoms with Gasteiger partial charge >= 0.3 is 0 Å². The van der Waals surface area contributed by atoms with Crippen molar-refractivity contribution < 1.29 is 4.42 Å². The molecule has 0 saturated carbocycles. The third-order valence-corrected chi connectivity index (χ3v) is 4.48. The molecule has 3 rings (SSSR count). The van der Waals surface area contributed by atoms with E-state index in [1.165, 1.54) is 5.56 Å². The van der Waals surface area contributed by atoms with Crippen molar-refractivity contribution in [2.45, 2.75) is 51.4 Å². The molecule has 1 aliphatic rings. The first-order valence-corrected chi connectivity index (χ1v) is 7.51. The van der Waals surface area contributed by atoms with E-state index >= 15 is 0 Å². The number of nitrogens with zero attached hydrogens (tertiary/aromatic N) is 1. The highest BCUT2D eigenvalue weighted by molar-refractivity contribution is 5.74. The Morgan fingerprint density at radius 1 is 1.20 bits per heavy atom. The molecule has 1 fully saturated rings. The van der Waals surface area contributed by atoms with Crippen LogP contribution in [-0.4, -0.2) is 18.1 Å². The summed E-state index contributed by atoms with van der Waals surface area (Å²) in [5, 5.41) is 3.40. The van der Waals surface area contributed by atoms with Gasteiger partial charge in [0.05, 0.1) is 0 Å². The van der Waals surface area contributed by atoms with E-state index in [1.54, 1.807) is 0 Å². The largest absolute Gasteiger partial charge is 0.440 e. The summed E-state index contributed by atoms with van der Waals surface area (Å²) in [7, 11) is 0. The Balaban J connectivity index is 2.02. The molecular weight excluding hydrogens is 248 g/mol. The van der Waals surface area contributed by atoms with Crippen molar-refractivity contribution in [2.24, 2.45) is 0 Å². The number of hydrogen-bond acceptors (Lipinski definition) is 3. The molecule has 1 N–H and O–H groups in total. The van der Waals surface area contributed by atoms with Gasteiger partial charge in [0.2, 0.25) is 5.89 Å². The molecule has 0 unspecified atom stereocenters. The number of nitrogens with one attached hydrogen (secondary N) is 1. The number of hydrogen-bond donors (Lipinski definition) is 1. The molecule has 1 aromatic heterocycles. The van der Waals surface area contributed by atoms with Crippen molar-refractivity contribution in [1.82, 2.24) is 10.3 Å². The fourth-order valence-corrected chi connectivity index (χ4v) is 2.84. The van der Waals surface area contributed by atoms with Crippen LogP contribution in [0, 0.1) is 0 Å². The van der Waals surface area contributed by atoms with Gasteiger partial charge in [0, 0.05) is 5.41 Å². The average Bonchev–Trinajstić information content (AvgIpc) is 2.82. The SMILES string of the molecule is CC(C)(C)c1ccc2oc(C3(C)CCNCC3)nc2c1. The average molecular weight is 272 g/mol. The van der Waals surface area contributed by atoms with E-state index in [0.29, 0.717) is 0 Å². The van der Waals surface area contributed by atoms with E-state index < -0.39 is 0 Å². The highest BCUT2D eigenvalue weighted by atomic mass is 16.3. The quantitative estimate of drug-likeness (QED) is 0.859. The molecule has 0 aliphatic carbocycles. The molecule has 0 amide bonds. The molecule has 2 aromatic rings. The maximum atomic E-state index is 6.04. The smallest absolute Gasteiger partial charge is 0.201 e. The topological polar surface area (TPSA) is 38.1 Å². The summed E-state index contributed by atoms with van der Waals surface area (Å²) in [5.41, 5.74) is 3.43. The van der Waals surface area contributed by atoms with Gasteiger partial charge in [-0.3, -0.25) is 0 Å². The second-order valence-corrected chi connectivity index (χ2v) is 7.26. The van der Waals surface area contributed by atoms with Crippen LogP contribution in [0.5, 0.6) is 0 Å². The van der Waals surface area contributed by atoms with Gasteiger partial charge in [-0.25, -0.2) is 4.98 Å². The Kier molecular flexibility index (Phi) is 3.13. The first-order valence-electron chi connectivity index (χ1n) is 7.51. The zero-order valence-electron chi connectivity index (χ0n) is 12.9. The Bertz CT molecular complexity index is 615. The third kappa shape index (κ3) is 2.35. The van der Waals surface area contributed by atoms with Crippen LogP contribution >= 0.6 is 0 Å². The molecule has 0 atom stereocenters. The molecule has 2 heterocycles. The van der Waals surface area contributed by atoms with Crippen molar-refractivity contribution in [3.05, 3.63) is 29.7 Å². The predicted molar refractivity (Wildman–Crippen MR) is 82.2 cm³/mol. The lowest BCUT2D eigenvalue weighted by atomic mass is 9.81. The summed E-state index contributed by atoms with van der Waals surface area (Å²) in [5.74, 6) is 0.903. The normalized spacial score (nSPS) is 19.4. The van der Waals surface area contributed by atoms with Crippen LogP contribution < -0.4 is 5.32 Å². The van der Waals surface area contributed by atoms with Crippen LogP contribution in [0.15, 0.2) is 22.6 Å². The molecule has 1 aromatic carbocycles. The standard InChI is InChI=1S/C17H24N2O/c1-16(2,3)12-5-6-14-13(11-12)19-15(20-14)17(4)7-9-18-10-8-17/h5-6,11,18H,7-10H2,1-4H3. The zero-order valence-corrected chi connectivity index (χ0v) is 12.9. The monoisotopic (exact) mass is 272 g/mol. The summed E-state index contributed by atoms with van der Waals surface area (Å²) in [4.78, 5) is 4.79. The van der Waals surface area contributed by atoms with Crippen LogP contribution in [0.1, 0.15) is 52.0 Å². The number of oxazole rings is 1. The summed E-state index contributed by atoms with van der Waals surface area (Å²) < 4.78 is 6.04. The summed E-state index contributed by atoms with van der Waals surface area (Å²) in [6, 6.07) is 6.39. The zero-order chi connectivity index (χ0) is 14.4. The van der Waals surface area contributed by atoms with Gasteiger partial charge < -0.3 is 9.73 Å². The van der Waals surface area contributed by atoms with Gasteiger partial charge in [0.1, 0.15) is 5.52 Å². The first-order chi connectivity index (χ1) is 9.38. The van der Waals surface area contributed by atoms with Gasteiger partial charge in [-0.1, -0.05) is 33.8 Å². The van der Waals surface area contributed by atoms with Gasteiger partial charge in [-0.05, 0) is 49.0 Å². The second-order valence-electron chi connectivity index (χ2n) is 7.26. The minimum Gasteiger partial charge on any atom is -0.440 e. The van der Waals surface area contributed by atoms with E-state index in [9.17, 15) is 0 Å². The van der Waals surface area contributed by atoms with Crippen LogP contribution in [0.25, 0.3) is 11.1 Å². The molecule has 3 nitrogen and oxygen atoms in total. The Hall–Kier alpha value is -1.35. The molecule has 0 spiro atoms. The van der Waals surface area contributed by atoms with E-state index in [2.05, 4.69) is 51.2 Å². The predicted octanol–water partition coefficient (Wildman–Crippen LogP) is 3.77. The molecule has 3 heteroatoms. The lowest BCUT2D eigenvalue weighted by Gasteiger charge is -2.30. The van der Waals surface area contributed by atoms with Crippen LogP contribution in [0.2, 0.25) is 0 Å². The molecule has 1 aliphatic heterocycles. The minimum atomic E-state index is 0.0756. The number of piperidine rings is 1. The summed E-state index contributed by atoms with van der Waals surface area (Å²) in [6.45, 7) is 11.0. The Morgan fingerprint density at radius 3 is 2.55 bits per heavy atom. The number of aromatic nitrogens is 1. The second kappa shape index (κ2) is 4.59. The fraction of sp³-hybridized carbons (Fsp3) is 0.588. The van der Waals surface area contributed by atoms with Gasteiger partial charge in [0.25, 0.3) is 0 Å². The van der Waals surface area contributed by atoms with Crippen molar-refractivity contribution in [2.75, 3.05) is 13.1 Å². The van der Waals surface area contributed by atoms with E-state index in [0.717, 1.165) is 42.9 Å². The van der Waals surface area contributed by atoms with E-state index in [1.807, 2.05) is 0 Å². The summed E-state index contributed by atoms with van der Waals surface area (Å²) >= 11 is 0. The molecule has 108 valence electrons. The molecule has 0 radical (unpaired) electrons. The van der Waals surface area contributed by atoms with Crippen LogP contribution in [-0.2, 0) is 10.8 Å². The van der Waals surface area contributed by atoms with Crippen molar-refractivity contribution in [3.63, 3.8) is 0 Å². The van der Waals surface area contributed by atoms with Crippen LogP contribution in [0.3, 0.4) is 0 Å². The number of fused-ring (bicyclic) bond motifs is 1. The first kappa shape index (κ1) is 13.6. The molecule has 0 bridgehead atoms. The number of rotatable bonds is 1. The maximum absolute atomic E-state index is 6.04. The van der Waals surface area contributed by atoms with Gasteiger partial charge in [-0.2, -0.15) is 0 Å². The van der Waals surface area contributed by atoms with Gasteiger partial charge in [-0.15, -0.1) is 0 Å². The van der Waals surface area contributed by atoms with Gasteiger partial charge in [0.15, 0.2) is 5.58 Å². The lowest BCUT2D eigenvalue weighted by Crippen LogP contribution is -2.37. The van der Waals surface area contributed by atoms with E-state index in [4.69, 9.17) is 9.40 Å². The Labute approximate surface area is 120 Å². The molecular formula is C17H24N2O. The summed E-state index contributed by atoms with van der Waals surface area (Å²) in [6.07, 6.45) is 2.18. The van der Waals surface area contributed by atoms with Crippen molar-refractivity contribution in [3.8, 4) is 0 Å². The fourth-order valence-electron chi connectivity index (χ4n) is 2.84. The van der Waals surface area contributed by atoms with Crippen LogP contribution in [0.4, 0.5) is 0 Å². The highest BCUT2D eigenvalue weighted by Gasteiger charge is 2.33. The minimum absolute atomic E-state index is 0.0756. The Morgan fingerprint density at radius 2 is 1.90 bits per heavy atom. The highest BCUT2D eigenvalue weighted by Crippen LogP contribution is 2.35. The van der Waals surface area contributed by atoms with Crippen molar-refractivity contribution in [1.29, 1.82) is 0 Å². The third-order valence-electron chi connectivity index (χ3n) is 4.48. The maximum Gasteiger partial charge on any atom is 0.201 e. The number of benzene rings is 1. The lowest BCUT2D eigenvalue weighted by molar-refractivity contribution is 0.275.